The summed E-state index contributed by atoms with van der Waals surface area (Å²) in [5.74, 6) is -0.921. The number of benzene rings is 3. The molecule has 31 heavy (non-hydrogen) atoms. The first kappa shape index (κ1) is 19.1. The summed E-state index contributed by atoms with van der Waals surface area (Å²) in [4.78, 5) is 16.2. The lowest BCUT2D eigenvalue weighted by Crippen LogP contribution is -2.01. The van der Waals surface area contributed by atoms with E-state index in [1.807, 2.05) is 24.5 Å². The van der Waals surface area contributed by atoms with Crippen LogP contribution >= 0.6 is 0 Å². The van der Waals surface area contributed by atoms with Gasteiger partial charge in [0, 0.05) is 6.54 Å². The number of carbonyl (C=O) groups is 1. The quantitative estimate of drug-likeness (QED) is 0.402. The SMILES string of the molecule is Cc1cc2ncn(C/C=C3/c4ccccc4C=Cc4ccc(C(=O)O)cc43)c2cc1C. The van der Waals surface area contributed by atoms with Crippen molar-refractivity contribution in [3.05, 3.63) is 106 Å². The van der Waals surface area contributed by atoms with Crippen molar-refractivity contribution in [3.8, 4) is 0 Å². The molecular formula is C27H22N2O2. The Bertz CT molecular complexity index is 1410. The summed E-state index contributed by atoms with van der Waals surface area (Å²) in [7, 11) is 0. The van der Waals surface area contributed by atoms with Crippen LogP contribution in [-0.4, -0.2) is 20.6 Å². The maximum absolute atomic E-state index is 11.6. The molecule has 0 unspecified atom stereocenters. The molecule has 4 heteroatoms. The standard InChI is InChI=1S/C27H22N2O2/c1-17-13-25-26(14-18(17)2)29(16-28-25)12-11-23-22-6-4-3-5-19(22)7-8-20-9-10-21(27(30)31)15-24(20)23/h3-11,13-16H,12H2,1-2H3,(H,30,31)/b23-11-. The summed E-state index contributed by atoms with van der Waals surface area (Å²) in [6, 6.07) is 17.8. The molecule has 0 amide bonds. The van der Waals surface area contributed by atoms with Crippen LogP contribution < -0.4 is 0 Å². The number of imidazole rings is 1. The van der Waals surface area contributed by atoms with Crippen molar-refractivity contribution < 1.29 is 9.90 Å². The number of aromatic nitrogens is 2. The molecule has 1 N–H and O–H groups in total. The van der Waals surface area contributed by atoms with E-state index in [0.29, 0.717) is 6.54 Å². The van der Waals surface area contributed by atoms with Gasteiger partial charge in [0.1, 0.15) is 0 Å². The molecule has 0 atom stereocenters. The van der Waals surface area contributed by atoms with Crippen LogP contribution in [0.3, 0.4) is 0 Å². The lowest BCUT2D eigenvalue weighted by molar-refractivity contribution is 0.0697. The summed E-state index contributed by atoms with van der Waals surface area (Å²) in [5, 5.41) is 9.54. The van der Waals surface area contributed by atoms with Gasteiger partial charge in [-0.05, 0) is 77.1 Å². The van der Waals surface area contributed by atoms with Gasteiger partial charge in [-0.1, -0.05) is 48.6 Å². The summed E-state index contributed by atoms with van der Waals surface area (Å²) in [6.07, 6.45) is 8.19. The van der Waals surface area contributed by atoms with Gasteiger partial charge in [-0.3, -0.25) is 0 Å². The Morgan fingerprint density at radius 3 is 2.52 bits per heavy atom. The molecule has 1 aromatic heterocycles. The fraction of sp³-hybridized carbons (Fsp3) is 0.111. The highest BCUT2D eigenvalue weighted by Gasteiger charge is 2.17. The molecule has 0 saturated carbocycles. The van der Waals surface area contributed by atoms with Crippen molar-refractivity contribution in [2.24, 2.45) is 0 Å². The topological polar surface area (TPSA) is 55.1 Å². The molecule has 4 nitrogen and oxygen atoms in total. The van der Waals surface area contributed by atoms with Crippen molar-refractivity contribution in [1.29, 1.82) is 0 Å². The lowest BCUT2D eigenvalue weighted by Gasteiger charge is -2.13. The number of rotatable bonds is 3. The van der Waals surface area contributed by atoms with Crippen molar-refractivity contribution in [3.63, 3.8) is 0 Å². The minimum Gasteiger partial charge on any atom is -0.478 e. The van der Waals surface area contributed by atoms with E-state index in [4.69, 9.17) is 0 Å². The second kappa shape index (κ2) is 7.40. The minimum absolute atomic E-state index is 0.289. The number of fused-ring (bicyclic) bond motifs is 3. The number of aryl methyl sites for hydroxylation is 2. The van der Waals surface area contributed by atoms with E-state index in [1.54, 1.807) is 12.1 Å². The number of hydrogen-bond acceptors (Lipinski definition) is 2. The molecule has 4 aromatic rings. The van der Waals surface area contributed by atoms with Crippen LogP contribution in [0.15, 0.2) is 67.0 Å². The molecule has 0 radical (unpaired) electrons. The van der Waals surface area contributed by atoms with Crippen molar-refractivity contribution >= 4 is 34.7 Å². The fourth-order valence-corrected chi connectivity index (χ4v) is 4.15. The molecule has 152 valence electrons. The molecular weight excluding hydrogens is 384 g/mol. The number of carboxylic acid groups (broad SMARTS) is 1. The molecule has 0 saturated heterocycles. The normalized spacial score (nSPS) is 13.8. The Morgan fingerprint density at radius 2 is 1.71 bits per heavy atom. The van der Waals surface area contributed by atoms with E-state index in [1.165, 1.54) is 11.1 Å². The third-order valence-electron chi connectivity index (χ3n) is 6.01. The van der Waals surface area contributed by atoms with Gasteiger partial charge in [0.2, 0.25) is 0 Å². The molecule has 1 aliphatic rings. The van der Waals surface area contributed by atoms with Crippen LogP contribution in [0, 0.1) is 13.8 Å². The number of nitrogens with zero attached hydrogens (tertiary/aromatic N) is 2. The minimum atomic E-state index is -0.921. The summed E-state index contributed by atoms with van der Waals surface area (Å²) >= 11 is 0. The average molecular weight is 406 g/mol. The van der Waals surface area contributed by atoms with E-state index in [0.717, 1.165) is 38.9 Å². The van der Waals surface area contributed by atoms with Crippen LogP contribution in [-0.2, 0) is 6.54 Å². The zero-order valence-corrected chi connectivity index (χ0v) is 17.5. The first-order valence-electron chi connectivity index (χ1n) is 10.3. The van der Waals surface area contributed by atoms with Gasteiger partial charge >= 0.3 is 5.97 Å². The first-order valence-corrected chi connectivity index (χ1v) is 10.3. The Morgan fingerprint density at radius 1 is 0.968 bits per heavy atom. The molecule has 0 spiro atoms. The summed E-state index contributed by atoms with van der Waals surface area (Å²) < 4.78 is 2.14. The maximum atomic E-state index is 11.6. The Hall–Kier alpha value is -3.92. The van der Waals surface area contributed by atoms with E-state index in [-0.39, 0.29) is 5.56 Å². The van der Waals surface area contributed by atoms with Gasteiger partial charge in [0.15, 0.2) is 0 Å². The Balaban J connectivity index is 1.67. The first-order chi connectivity index (χ1) is 15.0. The molecule has 1 aliphatic carbocycles. The smallest absolute Gasteiger partial charge is 0.335 e. The van der Waals surface area contributed by atoms with Crippen LogP contribution in [0.4, 0.5) is 0 Å². The monoisotopic (exact) mass is 406 g/mol. The van der Waals surface area contributed by atoms with E-state index in [2.05, 4.69) is 65.9 Å². The maximum Gasteiger partial charge on any atom is 0.335 e. The highest BCUT2D eigenvalue weighted by atomic mass is 16.4. The van der Waals surface area contributed by atoms with E-state index in [9.17, 15) is 9.90 Å². The molecule has 0 aliphatic heterocycles. The summed E-state index contributed by atoms with van der Waals surface area (Å²) in [5.41, 5.74) is 10.0. The van der Waals surface area contributed by atoms with Gasteiger partial charge in [-0.15, -0.1) is 0 Å². The highest BCUT2D eigenvalue weighted by molar-refractivity contribution is 5.97. The van der Waals surface area contributed by atoms with Gasteiger partial charge in [-0.25, -0.2) is 9.78 Å². The molecule has 0 bridgehead atoms. The third-order valence-corrected chi connectivity index (χ3v) is 6.01. The highest BCUT2D eigenvalue weighted by Crippen LogP contribution is 2.34. The lowest BCUT2D eigenvalue weighted by atomic mass is 9.92. The number of carboxylic acids is 1. The molecule has 0 fully saturated rings. The largest absolute Gasteiger partial charge is 0.478 e. The van der Waals surface area contributed by atoms with E-state index < -0.39 is 5.97 Å². The van der Waals surface area contributed by atoms with Gasteiger partial charge in [0.25, 0.3) is 0 Å². The number of aromatic carboxylic acids is 1. The van der Waals surface area contributed by atoms with Crippen LogP contribution in [0.25, 0.3) is 28.8 Å². The number of hydrogen-bond donors (Lipinski definition) is 1. The van der Waals surface area contributed by atoms with Crippen LogP contribution in [0.1, 0.15) is 43.7 Å². The number of allylic oxidation sites excluding steroid dienone is 1. The van der Waals surface area contributed by atoms with Crippen molar-refractivity contribution in [2.75, 3.05) is 0 Å². The zero-order valence-electron chi connectivity index (χ0n) is 17.5. The Labute approximate surface area is 180 Å². The predicted octanol–water partition coefficient (Wildman–Crippen LogP) is 5.97. The molecule has 3 aromatic carbocycles. The van der Waals surface area contributed by atoms with Gasteiger partial charge in [0.05, 0.1) is 22.9 Å². The second-order valence-electron chi connectivity index (χ2n) is 7.97. The van der Waals surface area contributed by atoms with Crippen LogP contribution in [0.5, 0.6) is 0 Å². The van der Waals surface area contributed by atoms with Crippen LogP contribution in [0.2, 0.25) is 0 Å². The summed E-state index contributed by atoms with van der Waals surface area (Å²) in [6.45, 7) is 4.85. The molecule has 5 rings (SSSR count). The average Bonchev–Trinajstić information content (AvgIpc) is 3.07. The van der Waals surface area contributed by atoms with Crippen molar-refractivity contribution in [2.45, 2.75) is 20.4 Å². The Kier molecular flexibility index (Phi) is 4.55. The second-order valence-corrected chi connectivity index (χ2v) is 7.97. The van der Waals surface area contributed by atoms with Gasteiger partial charge < -0.3 is 9.67 Å². The molecule has 1 heterocycles. The zero-order chi connectivity index (χ0) is 21.5. The third kappa shape index (κ3) is 3.36. The van der Waals surface area contributed by atoms with Crippen molar-refractivity contribution in [1.82, 2.24) is 9.55 Å². The fourth-order valence-electron chi connectivity index (χ4n) is 4.15. The predicted molar refractivity (Wildman–Crippen MR) is 125 cm³/mol. The van der Waals surface area contributed by atoms with Gasteiger partial charge in [-0.2, -0.15) is 0 Å². The van der Waals surface area contributed by atoms with E-state index >= 15 is 0 Å².